The summed E-state index contributed by atoms with van der Waals surface area (Å²) in [6.45, 7) is 1.63. The standard InChI is InChI=1S/C17H25NO2/c19-17(12-11-16-10-4-5-13-18-16)20-14-6-9-15-7-2-1-3-8-15/h1-3,7-8,16,18H,4-6,9-14H2. The van der Waals surface area contributed by atoms with Crippen molar-refractivity contribution in [1.82, 2.24) is 5.32 Å². The molecule has 0 amide bonds. The fraction of sp³-hybridized carbons (Fsp3) is 0.588. The highest BCUT2D eigenvalue weighted by molar-refractivity contribution is 5.69. The highest BCUT2D eigenvalue weighted by Crippen LogP contribution is 2.12. The monoisotopic (exact) mass is 275 g/mol. The number of hydrogen-bond donors (Lipinski definition) is 1. The van der Waals surface area contributed by atoms with Gasteiger partial charge < -0.3 is 10.1 Å². The third kappa shape index (κ3) is 5.74. The Bertz CT molecular complexity index is 385. The number of piperidine rings is 1. The lowest BCUT2D eigenvalue weighted by molar-refractivity contribution is -0.144. The zero-order valence-corrected chi connectivity index (χ0v) is 12.1. The number of carbonyl (C=O) groups is 1. The summed E-state index contributed by atoms with van der Waals surface area (Å²) in [5.74, 6) is -0.0505. The third-order valence-corrected chi connectivity index (χ3v) is 3.82. The fourth-order valence-electron chi connectivity index (χ4n) is 2.64. The molecule has 0 radical (unpaired) electrons. The molecule has 1 aromatic carbocycles. The molecule has 1 aliphatic heterocycles. The summed E-state index contributed by atoms with van der Waals surface area (Å²) < 4.78 is 5.29. The number of ether oxygens (including phenoxy) is 1. The maximum atomic E-state index is 11.6. The van der Waals surface area contributed by atoms with Crippen LogP contribution in [0, 0.1) is 0 Å². The van der Waals surface area contributed by atoms with Crippen molar-refractivity contribution in [3.8, 4) is 0 Å². The summed E-state index contributed by atoms with van der Waals surface area (Å²) in [6, 6.07) is 10.8. The van der Waals surface area contributed by atoms with Crippen molar-refractivity contribution in [2.75, 3.05) is 13.2 Å². The molecular weight excluding hydrogens is 250 g/mol. The Labute approximate surface area is 121 Å². The highest BCUT2D eigenvalue weighted by atomic mass is 16.5. The second-order valence-electron chi connectivity index (χ2n) is 5.50. The molecule has 0 spiro atoms. The van der Waals surface area contributed by atoms with E-state index in [9.17, 15) is 4.79 Å². The first-order valence-electron chi connectivity index (χ1n) is 7.77. The quantitative estimate of drug-likeness (QED) is 0.614. The first-order valence-corrected chi connectivity index (χ1v) is 7.77. The predicted octanol–water partition coefficient (Wildman–Crippen LogP) is 3.08. The summed E-state index contributed by atoms with van der Waals surface area (Å²) in [5, 5.41) is 3.46. The molecule has 0 aromatic heterocycles. The molecule has 2 rings (SSSR count). The van der Waals surface area contributed by atoms with E-state index in [1.54, 1.807) is 0 Å². The van der Waals surface area contributed by atoms with Gasteiger partial charge in [-0.25, -0.2) is 0 Å². The van der Waals surface area contributed by atoms with Gasteiger partial charge in [0.25, 0.3) is 0 Å². The van der Waals surface area contributed by atoms with E-state index in [2.05, 4.69) is 17.4 Å². The van der Waals surface area contributed by atoms with E-state index in [1.807, 2.05) is 18.2 Å². The molecule has 1 unspecified atom stereocenters. The Hall–Kier alpha value is -1.35. The molecule has 0 saturated carbocycles. The summed E-state index contributed by atoms with van der Waals surface area (Å²) in [7, 11) is 0. The molecule has 3 heteroatoms. The van der Waals surface area contributed by atoms with Gasteiger partial charge in [-0.1, -0.05) is 36.8 Å². The lowest BCUT2D eigenvalue weighted by atomic mass is 10.0. The summed E-state index contributed by atoms with van der Waals surface area (Å²) >= 11 is 0. The molecule has 1 aromatic rings. The minimum Gasteiger partial charge on any atom is -0.466 e. The van der Waals surface area contributed by atoms with E-state index in [1.165, 1.54) is 24.8 Å². The number of aryl methyl sites for hydroxylation is 1. The largest absolute Gasteiger partial charge is 0.466 e. The molecule has 0 aliphatic carbocycles. The Morgan fingerprint density at radius 3 is 2.85 bits per heavy atom. The van der Waals surface area contributed by atoms with Gasteiger partial charge in [-0.05, 0) is 44.2 Å². The fourth-order valence-corrected chi connectivity index (χ4v) is 2.64. The van der Waals surface area contributed by atoms with Gasteiger partial charge in [0.05, 0.1) is 6.61 Å². The van der Waals surface area contributed by atoms with Crippen molar-refractivity contribution in [1.29, 1.82) is 0 Å². The zero-order valence-electron chi connectivity index (χ0n) is 12.1. The minimum absolute atomic E-state index is 0.0505. The van der Waals surface area contributed by atoms with E-state index >= 15 is 0 Å². The maximum absolute atomic E-state index is 11.6. The van der Waals surface area contributed by atoms with Gasteiger partial charge in [-0.15, -0.1) is 0 Å². The van der Waals surface area contributed by atoms with Crippen molar-refractivity contribution in [3.63, 3.8) is 0 Å². The van der Waals surface area contributed by atoms with E-state index in [-0.39, 0.29) is 5.97 Å². The maximum Gasteiger partial charge on any atom is 0.305 e. The van der Waals surface area contributed by atoms with Crippen LogP contribution >= 0.6 is 0 Å². The van der Waals surface area contributed by atoms with Crippen molar-refractivity contribution in [2.24, 2.45) is 0 Å². The van der Waals surface area contributed by atoms with Crippen LogP contribution in [0.5, 0.6) is 0 Å². The Kier molecular flexibility index (Phi) is 6.58. The topological polar surface area (TPSA) is 38.3 Å². The van der Waals surface area contributed by atoms with Crippen LogP contribution in [0.1, 0.15) is 44.1 Å². The average molecular weight is 275 g/mol. The molecule has 1 aliphatic rings. The molecule has 1 atom stereocenters. The highest BCUT2D eigenvalue weighted by Gasteiger charge is 2.14. The van der Waals surface area contributed by atoms with E-state index in [0.29, 0.717) is 19.1 Å². The molecule has 0 bridgehead atoms. The van der Waals surface area contributed by atoms with Gasteiger partial charge >= 0.3 is 5.97 Å². The third-order valence-electron chi connectivity index (χ3n) is 3.82. The van der Waals surface area contributed by atoms with Crippen LogP contribution in [-0.4, -0.2) is 25.2 Å². The number of rotatable bonds is 7. The molecule has 20 heavy (non-hydrogen) atoms. The average Bonchev–Trinajstić information content (AvgIpc) is 2.52. The lowest BCUT2D eigenvalue weighted by Gasteiger charge is -2.22. The predicted molar refractivity (Wildman–Crippen MR) is 80.6 cm³/mol. The van der Waals surface area contributed by atoms with E-state index in [0.717, 1.165) is 25.8 Å². The summed E-state index contributed by atoms with van der Waals surface area (Å²) in [6.07, 6.45) is 7.07. The van der Waals surface area contributed by atoms with Gasteiger partial charge in [-0.3, -0.25) is 4.79 Å². The number of carbonyl (C=O) groups excluding carboxylic acids is 1. The summed E-state index contributed by atoms with van der Waals surface area (Å²) in [4.78, 5) is 11.6. The van der Waals surface area contributed by atoms with Crippen LogP contribution in [0.25, 0.3) is 0 Å². The van der Waals surface area contributed by atoms with Crippen molar-refractivity contribution < 1.29 is 9.53 Å². The molecule has 1 heterocycles. The molecule has 1 saturated heterocycles. The first kappa shape index (κ1) is 15.0. The van der Waals surface area contributed by atoms with Crippen LogP contribution in [-0.2, 0) is 16.0 Å². The van der Waals surface area contributed by atoms with Gasteiger partial charge in [0.1, 0.15) is 0 Å². The van der Waals surface area contributed by atoms with Crippen LogP contribution in [0.4, 0.5) is 0 Å². The molecule has 110 valence electrons. The normalized spacial score (nSPS) is 18.7. The molecule has 3 nitrogen and oxygen atoms in total. The lowest BCUT2D eigenvalue weighted by Crippen LogP contribution is -2.34. The number of hydrogen-bond acceptors (Lipinski definition) is 3. The molecule has 1 N–H and O–H groups in total. The Morgan fingerprint density at radius 1 is 1.25 bits per heavy atom. The van der Waals surface area contributed by atoms with Gasteiger partial charge in [0, 0.05) is 12.5 Å². The number of benzene rings is 1. The van der Waals surface area contributed by atoms with Crippen LogP contribution in [0.3, 0.4) is 0 Å². The Balaban J connectivity index is 1.51. The van der Waals surface area contributed by atoms with E-state index < -0.39 is 0 Å². The SMILES string of the molecule is O=C(CCC1CCCCN1)OCCCc1ccccc1. The Morgan fingerprint density at radius 2 is 2.10 bits per heavy atom. The van der Waals surface area contributed by atoms with Gasteiger partial charge in [-0.2, -0.15) is 0 Å². The first-order chi connectivity index (χ1) is 9.84. The zero-order chi connectivity index (χ0) is 14.0. The number of nitrogens with one attached hydrogen (secondary N) is 1. The smallest absolute Gasteiger partial charge is 0.305 e. The molecular formula is C17H25NO2. The van der Waals surface area contributed by atoms with Crippen LogP contribution in [0.2, 0.25) is 0 Å². The summed E-state index contributed by atoms with van der Waals surface area (Å²) in [5.41, 5.74) is 1.30. The van der Waals surface area contributed by atoms with Crippen molar-refractivity contribution in [2.45, 2.75) is 51.0 Å². The second-order valence-corrected chi connectivity index (χ2v) is 5.50. The van der Waals surface area contributed by atoms with E-state index in [4.69, 9.17) is 4.74 Å². The minimum atomic E-state index is -0.0505. The van der Waals surface area contributed by atoms with Crippen molar-refractivity contribution >= 4 is 5.97 Å². The van der Waals surface area contributed by atoms with Crippen LogP contribution in [0.15, 0.2) is 30.3 Å². The van der Waals surface area contributed by atoms with Crippen LogP contribution < -0.4 is 5.32 Å². The number of esters is 1. The second kappa shape index (κ2) is 8.75. The molecule has 1 fully saturated rings. The van der Waals surface area contributed by atoms with Crippen molar-refractivity contribution in [3.05, 3.63) is 35.9 Å². The van der Waals surface area contributed by atoms with Gasteiger partial charge in [0.15, 0.2) is 0 Å². The van der Waals surface area contributed by atoms with Gasteiger partial charge in [0.2, 0.25) is 0 Å².